The van der Waals surface area contributed by atoms with E-state index in [9.17, 15) is 9.18 Å². The van der Waals surface area contributed by atoms with E-state index in [-0.39, 0.29) is 11.7 Å². The summed E-state index contributed by atoms with van der Waals surface area (Å²) in [5.41, 5.74) is 3.49. The van der Waals surface area contributed by atoms with E-state index in [1.165, 1.54) is 30.1 Å². The number of pyridine rings is 1. The van der Waals surface area contributed by atoms with Crippen molar-refractivity contribution >= 4 is 23.4 Å². The molecule has 4 rings (SSSR count). The number of hydrogen-bond acceptors (Lipinski definition) is 5. The first-order valence-electron chi connectivity index (χ1n) is 11.5. The van der Waals surface area contributed by atoms with E-state index in [0.29, 0.717) is 11.3 Å². The van der Waals surface area contributed by atoms with Crippen LogP contribution in [0.2, 0.25) is 0 Å². The Bertz CT molecular complexity index is 1160. The van der Waals surface area contributed by atoms with Crippen molar-refractivity contribution < 1.29 is 13.9 Å². The molecule has 34 heavy (non-hydrogen) atoms. The summed E-state index contributed by atoms with van der Waals surface area (Å²) in [7, 11) is 0. The van der Waals surface area contributed by atoms with Crippen LogP contribution >= 0.6 is 0 Å². The van der Waals surface area contributed by atoms with Gasteiger partial charge in [0, 0.05) is 49.8 Å². The van der Waals surface area contributed by atoms with E-state index >= 15 is 0 Å². The third kappa shape index (κ3) is 5.99. The maximum atomic E-state index is 14.4. The number of nitrogens with zero attached hydrogens (tertiary/aromatic N) is 3. The highest BCUT2D eigenvalue weighted by molar-refractivity contribution is 6.02. The highest BCUT2D eigenvalue weighted by Gasteiger charge is 2.16. The molecule has 2 aromatic carbocycles. The van der Waals surface area contributed by atoms with E-state index in [0.717, 1.165) is 44.0 Å². The number of amides is 1. The van der Waals surface area contributed by atoms with Crippen LogP contribution in [0, 0.1) is 12.7 Å². The van der Waals surface area contributed by atoms with Crippen LogP contribution < -0.4 is 15.0 Å². The summed E-state index contributed by atoms with van der Waals surface area (Å²) >= 11 is 0. The van der Waals surface area contributed by atoms with Crippen LogP contribution in [0.25, 0.3) is 6.08 Å². The molecule has 0 bridgehead atoms. The fraction of sp³-hybridized carbons (Fsp3) is 0.259. The standard InChI is InChI=1S/C27H29FN4O2/c1-3-31-13-15-32(16-14-31)22-8-9-25(20(2)17-22)30-27(33)11-7-21-6-10-26(24(28)18-21)34-23-5-4-12-29-19-23/h4-12,17-19H,3,13-16H2,1-2H3,(H,30,33)/b11-7+. The molecule has 0 unspecified atom stereocenters. The first-order valence-corrected chi connectivity index (χ1v) is 11.5. The fourth-order valence-corrected chi connectivity index (χ4v) is 3.89. The molecule has 0 aliphatic carbocycles. The van der Waals surface area contributed by atoms with Gasteiger partial charge >= 0.3 is 0 Å². The van der Waals surface area contributed by atoms with Crippen LogP contribution in [0.5, 0.6) is 11.5 Å². The summed E-state index contributed by atoms with van der Waals surface area (Å²) in [6, 6.07) is 14.1. The van der Waals surface area contributed by atoms with Crippen LogP contribution in [0.3, 0.4) is 0 Å². The topological polar surface area (TPSA) is 57.7 Å². The third-order valence-electron chi connectivity index (χ3n) is 5.90. The molecular weight excluding hydrogens is 431 g/mol. The molecule has 0 spiro atoms. The van der Waals surface area contributed by atoms with Gasteiger partial charge in [0.1, 0.15) is 5.75 Å². The molecule has 2 heterocycles. The average Bonchev–Trinajstić information content (AvgIpc) is 2.86. The number of carbonyl (C=O) groups excluding carboxylic acids is 1. The van der Waals surface area contributed by atoms with Crippen molar-refractivity contribution in [3.8, 4) is 11.5 Å². The van der Waals surface area contributed by atoms with Crippen molar-refractivity contribution in [2.24, 2.45) is 0 Å². The minimum atomic E-state index is -0.516. The molecule has 176 valence electrons. The zero-order valence-electron chi connectivity index (χ0n) is 19.5. The van der Waals surface area contributed by atoms with Crippen LogP contribution in [-0.4, -0.2) is 48.5 Å². The van der Waals surface area contributed by atoms with Crippen molar-refractivity contribution in [1.29, 1.82) is 0 Å². The van der Waals surface area contributed by atoms with Gasteiger partial charge in [0.2, 0.25) is 5.91 Å². The predicted octanol–water partition coefficient (Wildman–Crippen LogP) is 5.12. The second kappa shape index (κ2) is 10.9. The Labute approximate surface area is 199 Å². The van der Waals surface area contributed by atoms with Gasteiger partial charge in [-0.2, -0.15) is 0 Å². The quantitative estimate of drug-likeness (QED) is 0.496. The van der Waals surface area contributed by atoms with E-state index < -0.39 is 5.82 Å². The lowest BCUT2D eigenvalue weighted by Gasteiger charge is -2.35. The van der Waals surface area contributed by atoms with Crippen molar-refractivity contribution in [1.82, 2.24) is 9.88 Å². The number of anilines is 2. The number of aromatic nitrogens is 1. The highest BCUT2D eigenvalue weighted by atomic mass is 19.1. The highest BCUT2D eigenvalue weighted by Crippen LogP contribution is 2.26. The Kier molecular flexibility index (Phi) is 7.54. The Hall–Kier alpha value is -3.71. The normalized spacial score (nSPS) is 14.4. The molecule has 7 heteroatoms. The van der Waals surface area contributed by atoms with Crippen LogP contribution in [0.1, 0.15) is 18.1 Å². The van der Waals surface area contributed by atoms with E-state index in [2.05, 4.69) is 33.1 Å². The zero-order valence-corrected chi connectivity index (χ0v) is 19.5. The second-order valence-electron chi connectivity index (χ2n) is 8.22. The average molecular weight is 461 g/mol. The largest absolute Gasteiger partial charge is 0.453 e. The summed E-state index contributed by atoms with van der Waals surface area (Å²) < 4.78 is 19.9. The number of likely N-dealkylation sites (N-methyl/N-ethyl adjacent to an activating group) is 1. The van der Waals surface area contributed by atoms with Crippen LogP contribution in [-0.2, 0) is 4.79 Å². The van der Waals surface area contributed by atoms with Crippen molar-refractivity contribution in [3.05, 3.63) is 83.9 Å². The lowest BCUT2D eigenvalue weighted by molar-refractivity contribution is -0.111. The van der Waals surface area contributed by atoms with E-state index in [4.69, 9.17) is 4.74 Å². The zero-order chi connectivity index (χ0) is 23.9. The first-order chi connectivity index (χ1) is 16.5. The second-order valence-corrected chi connectivity index (χ2v) is 8.22. The smallest absolute Gasteiger partial charge is 0.248 e. The van der Waals surface area contributed by atoms with Crippen molar-refractivity contribution in [3.63, 3.8) is 0 Å². The molecule has 0 radical (unpaired) electrons. The maximum Gasteiger partial charge on any atom is 0.248 e. The lowest BCUT2D eigenvalue weighted by atomic mass is 10.1. The summed E-state index contributed by atoms with van der Waals surface area (Å²) in [5.74, 6) is -0.240. The Morgan fingerprint density at radius 1 is 1.15 bits per heavy atom. The van der Waals surface area contributed by atoms with Crippen LogP contribution in [0.4, 0.5) is 15.8 Å². The molecule has 0 atom stereocenters. The van der Waals surface area contributed by atoms with Gasteiger partial charge in [-0.3, -0.25) is 9.78 Å². The number of piperazine rings is 1. The van der Waals surface area contributed by atoms with Crippen molar-refractivity contribution in [2.75, 3.05) is 42.9 Å². The monoisotopic (exact) mass is 460 g/mol. The summed E-state index contributed by atoms with van der Waals surface area (Å²) in [6.07, 6.45) is 6.10. The number of rotatable bonds is 7. The molecule has 1 aromatic heterocycles. The van der Waals surface area contributed by atoms with Gasteiger partial charge in [0.15, 0.2) is 11.6 Å². The lowest BCUT2D eigenvalue weighted by Crippen LogP contribution is -2.46. The van der Waals surface area contributed by atoms with Gasteiger partial charge < -0.3 is 19.9 Å². The van der Waals surface area contributed by atoms with Gasteiger partial charge in [-0.15, -0.1) is 0 Å². The SMILES string of the molecule is CCN1CCN(c2ccc(NC(=O)/C=C/c3ccc(Oc4cccnc4)c(F)c3)c(C)c2)CC1. The fourth-order valence-electron chi connectivity index (χ4n) is 3.89. The number of carbonyl (C=O) groups is 1. The number of hydrogen-bond donors (Lipinski definition) is 1. The van der Waals surface area contributed by atoms with E-state index in [1.807, 2.05) is 19.1 Å². The number of aryl methyl sites for hydroxylation is 1. The molecule has 1 aliphatic rings. The molecular formula is C27H29FN4O2. The van der Waals surface area contributed by atoms with Gasteiger partial charge in [0.05, 0.1) is 6.20 Å². The Morgan fingerprint density at radius 3 is 2.65 bits per heavy atom. The predicted molar refractivity (Wildman–Crippen MR) is 134 cm³/mol. The molecule has 1 aliphatic heterocycles. The van der Waals surface area contributed by atoms with Gasteiger partial charge in [-0.05, 0) is 73.1 Å². The maximum absolute atomic E-state index is 14.4. The minimum Gasteiger partial charge on any atom is -0.453 e. The number of benzene rings is 2. The molecule has 6 nitrogen and oxygen atoms in total. The molecule has 1 saturated heterocycles. The van der Waals surface area contributed by atoms with Gasteiger partial charge in [-0.25, -0.2) is 4.39 Å². The summed E-state index contributed by atoms with van der Waals surface area (Å²) in [6.45, 7) is 9.40. The Morgan fingerprint density at radius 2 is 1.97 bits per heavy atom. The van der Waals surface area contributed by atoms with Gasteiger partial charge in [-0.1, -0.05) is 13.0 Å². The number of halogens is 1. The van der Waals surface area contributed by atoms with Crippen LogP contribution in [0.15, 0.2) is 67.0 Å². The van der Waals surface area contributed by atoms with Crippen molar-refractivity contribution in [2.45, 2.75) is 13.8 Å². The summed E-state index contributed by atoms with van der Waals surface area (Å²) in [4.78, 5) is 21.2. The number of nitrogens with one attached hydrogen (secondary N) is 1. The molecule has 1 amide bonds. The first kappa shape index (κ1) is 23.4. The van der Waals surface area contributed by atoms with Gasteiger partial charge in [0.25, 0.3) is 0 Å². The molecule has 3 aromatic rings. The molecule has 0 saturated carbocycles. The minimum absolute atomic E-state index is 0.0985. The third-order valence-corrected chi connectivity index (χ3v) is 5.90. The molecule has 1 fully saturated rings. The summed E-state index contributed by atoms with van der Waals surface area (Å²) in [5, 5.41) is 2.91. The Balaban J connectivity index is 1.35. The van der Waals surface area contributed by atoms with E-state index in [1.54, 1.807) is 30.5 Å². The molecule has 1 N–H and O–H groups in total. The number of ether oxygens (including phenoxy) is 1.